The van der Waals surface area contributed by atoms with E-state index in [-0.39, 0.29) is 17.7 Å². The molecule has 1 rings (SSSR count). The van der Waals surface area contributed by atoms with Gasteiger partial charge in [-0.05, 0) is 36.0 Å². The van der Waals surface area contributed by atoms with Crippen molar-refractivity contribution in [2.75, 3.05) is 6.54 Å². The molecule has 1 amide bonds. The highest BCUT2D eigenvalue weighted by molar-refractivity contribution is 5.78. The molecule has 1 saturated carbocycles. The maximum atomic E-state index is 12.2. The van der Waals surface area contributed by atoms with E-state index in [1.54, 1.807) is 0 Å². The first-order chi connectivity index (χ1) is 9.76. The smallest absolute Gasteiger partial charge is 0.303 e. The van der Waals surface area contributed by atoms with E-state index in [0.717, 1.165) is 25.7 Å². The number of amides is 1. The Morgan fingerprint density at radius 2 is 1.57 bits per heavy atom. The minimum atomic E-state index is -0.785. The van der Waals surface area contributed by atoms with Crippen molar-refractivity contribution in [2.45, 2.75) is 66.2 Å². The molecule has 1 fully saturated rings. The molecule has 1 aliphatic carbocycles. The number of rotatable bonds is 8. The Morgan fingerprint density at radius 1 is 1.05 bits per heavy atom. The SMILES string of the molecule is CC(C)C(CNC(=O)CC1(CC(=O)O)CCCC1)C(C)C. The molecule has 0 saturated heterocycles. The van der Waals surface area contributed by atoms with E-state index in [1.165, 1.54) is 0 Å². The second-order valence-electron chi connectivity index (χ2n) is 7.41. The standard InChI is InChI=1S/C17H31NO3/c1-12(2)14(13(3)4)11-18-15(19)9-17(10-16(20)21)7-5-6-8-17/h12-14H,5-11H2,1-4H3,(H,18,19)(H,20,21). The molecule has 0 aromatic heterocycles. The summed E-state index contributed by atoms with van der Waals surface area (Å²) in [5.41, 5.74) is -0.304. The monoisotopic (exact) mass is 297 g/mol. The van der Waals surface area contributed by atoms with Gasteiger partial charge in [0, 0.05) is 13.0 Å². The Morgan fingerprint density at radius 3 is 2.00 bits per heavy atom. The first-order valence-electron chi connectivity index (χ1n) is 8.24. The molecule has 0 atom stereocenters. The Labute approximate surface area is 128 Å². The molecule has 2 N–H and O–H groups in total. The Balaban J connectivity index is 2.53. The Bertz CT molecular complexity index is 349. The second-order valence-corrected chi connectivity index (χ2v) is 7.41. The molecule has 0 aromatic carbocycles. The van der Waals surface area contributed by atoms with Crippen molar-refractivity contribution in [3.05, 3.63) is 0 Å². The highest BCUT2D eigenvalue weighted by atomic mass is 16.4. The zero-order chi connectivity index (χ0) is 16.0. The summed E-state index contributed by atoms with van der Waals surface area (Å²) in [6.45, 7) is 9.41. The van der Waals surface area contributed by atoms with E-state index in [2.05, 4.69) is 33.0 Å². The van der Waals surface area contributed by atoms with E-state index >= 15 is 0 Å². The lowest BCUT2D eigenvalue weighted by Gasteiger charge is -2.28. The van der Waals surface area contributed by atoms with Gasteiger partial charge in [-0.1, -0.05) is 40.5 Å². The van der Waals surface area contributed by atoms with Gasteiger partial charge >= 0.3 is 5.97 Å². The molecular weight excluding hydrogens is 266 g/mol. The average Bonchev–Trinajstić information content (AvgIpc) is 2.75. The number of nitrogens with one attached hydrogen (secondary N) is 1. The van der Waals surface area contributed by atoms with E-state index in [4.69, 9.17) is 5.11 Å². The number of hydrogen-bond acceptors (Lipinski definition) is 2. The van der Waals surface area contributed by atoms with Crippen molar-refractivity contribution in [3.8, 4) is 0 Å². The molecule has 0 aliphatic heterocycles. The van der Waals surface area contributed by atoms with Crippen molar-refractivity contribution in [1.82, 2.24) is 5.32 Å². The minimum Gasteiger partial charge on any atom is -0.481 e. The molecule has 0 heterocycles. The van der Waals surface area contributed by atoms with Gasteiger partial charge in [0.15, 0.2) is 0 Å². The summed E-state index contributed by atoms with van der Waals surface area (Å²) in [4.78, 5) is 23.3. The fraction of sp³-hybridized carbons (Fsp3) is 0.882. The number of carboxylic acid groups (broad SMARTS) is 1. The summed E-state index contributed by atoms with van der Waals surface area (Å²) in [5, 5.41) is 12.1. The van der Waals surface area contributed by atoms with Crippen molar-refractivity contribution in [1.29, 1.82) is 0 Å². The number of carbonyl (C=O) groups is 2. The normalized spacial score (nSPS) is 17.7. The van der Waals surface area contributed by atoms with E-state index in [9.17, 15) is 9.59 Å². The van der Waals surface area contributed by atoms with Crippen LogP contribution in [0.25, 0.3) is 0 Å². The van der Waals surface area contributed by atoms with E-state index in [1.807, 2.05) is 0 Å². The van der Waals surface area contributed by atoms with Gasteiger partial charge < -0.3 is 10.4 Å². The summed E-state index contributed by atoms with van der Waals surface area (Å²) >= 11 is 0. The summed E-state index contributed by atoms with van der Waals surface area (Å²) in [6, 6.07) is 0. The summed E-state index contributed by atoms with van der Waals surface area (Å²) in [7, 11) is 0. The van der Waals surface area contributed by atoms with Gasteiger partial charge in [-0.2, -0.15) is 0 Å². The molecule has 0 aromatic rings. The van der Waals surface area contributed by atoms with Gasteiger partial charge in [0.25, 0.3) is 0 Å². The third-order valence-electron chi connectivity index (χ3n) is 4.97. The molecule has 21 heavy (non-hydrogen) atoms. The molecule has 0 bridgehead atoms. The van der Waals surface area contributed by atoms with Gasteiger partial charge in [0.1, 0.15) is 0 Å². The second kappa shape index (κ2) is 7.81. The van der Waals surface area contributed by atoms with Gasteiger partial charge in [-0.3, -0.25) is 9.59 Å². The topological polar surface area (TPSA) is 66.4 Å². The average molecular weight is 297 g/mol. The van der Waals surface area contributed by atoms with Crippen LogP contribution in [0.15, 0.2) is 0 Å². The van der Waals surface area contributed by atoms with Crippen LogP contribution in [0.4, 0.5) is 0 Å². The first kappa shape index (κ1) is 18.0. The molecule has 0 spiro atoms. The number of aliphatic carboxylic acids is 1. The maximum absolute atomic E-state index is 12.2. The fourth-order valence-corrected chi connectivity index (χ4v) is 3.74. The van der Waals surface area contributed by atoms with E-state index < -0.39 is 5.97 Å². The molecule has 0 unspecified atom stereocenters. The zero-order valence-corrected chi connectivity index (χ0v) is 13.9. The molecule has 122 valence electrons. The lowest BCUT2D eigenvalue weighted by molar-refractivity contribution is -0.140. The Kier molecular flexibility index (Phi) is 6.69. The third kappa shape index (κ3) is 5.68. The summed E-state index contributed by atoms with van der Waals surface area (Å²) in [5.74, 6) is 0.763. The first-order valence-corrected chi connectivity index (χ1v) is 8.24. The van der Waals surface area contributed by atoms with Crippen LogP contribution in [0.3, 0.4) is 0 Å². The van der Waals surface area contributed by atoms with E-state index in [0.29, 0.717) is 30.7 Å². The Hall–Kier alpha value is -1.06. The van der Waals surface area contributed by atoms with Crippen LogP contribution in [0.5, 0.6) is 0 Å². The minimum absolute atomic E-state index is 0.0180. The number of carbonyl (C=O) groups excluding carboxylic acids is 1. The molecule has 0 radical (unpaired) electrons. The van der Waals surface area contributed by atoms with Crippen molar-refractivity contribution in [2.24, 2.45) is 23.2 Å². The molecular formula is C17H31NO3. The predicted molar refractivity (Wildman–Crippen MR) is 83.9 cm³/mol. The lowest BCUT2D eigenvalue weighted by Crippen LogP contribution is -2.37. The lowest BCUT2D eigenvalue weighted by atomic mass is 9.79. The molecule has 4 heteroatoms. The van der Waals surface area contributed by atoms with Gasteiger partial charge in [-0.25, -0.2) is 0 Å². The van der Waals surface area contributed by atoms with Gasteiger partial charge in [0.2, 0.25) is 5.91 Å². The highest BCUT2D eigenvalue weighted by Gasteiger charge is 2.38. The highest BCUT2D eigenvalue weighted by Crippen LogP contribution is 2.44. The number of hydrogen-bond donors (Lipinski definition) is 2. The van der Waals surface area contributed by atoms with Crippen LogP contribution in [-0.4, -0.2) is 23.5 Å². The van der Waals surface area contributed by atoms with Crippen LogP contribution in [0.2, 0.25) is 0 Å². The largest absolute Gasteiger partial charge is 0.481 e. The number of carboxylic acids is 1. The van der Waals surface area contributed by atoms with Crippen LogP contribution in [0, 0.1) is 23.2 Å². The van der Waals surface area contributed by atoms with Crippen molar-refractivity contribution < 1.29 is 14.7 Å². The van der Waals surface area contributed by atoms with Crippen LogP contribution in [-0.2, 0) is 9.59 Å². The third-order valence-corrected chi connectivity index (χ3v) is 4.97. The van der Waals surface area contributed by atoms with Crippen LogP contribution >= 0.6 is 0 Å². The maximum Gasteiger partial charge on any atom is 0.303 e. The summed E-state index contributed by atoms with van der Waals surface area (Å²) in [6.07, 6.45) is 4.30. The molecule has 1 aliphatic rings. The molecule has 4 nitrogen and oxygen atoms in total. The van der Waals surface area contributed by atoms with Crippen molar-refractivity contribution in [3.63, 3.8) is 0 Å². The fourth-order valence-electron chi connectivity index (χ4n) is 3.74. The van der Waals surface area contributed by atoms with Crippen LogP contribution < -0.4 is 5.32 Å². The van der Waals surface area contributed by atoms with Gasteiger partial charge in [0.05, 0.1) is 6.42 Å². The summed E-state index contributed by atoms with van der Waals surface area (Å²) < 4.78 is 0. The zero-order valence-electron chi connectivity index (χ0n) is 13.9. The quantitative estimate of drug-likeness (QED) is 0.721. The van der Waals surface area contributed by atoms with Crippen molar-refractivity contribution >= 4 is 11.9 Å². The predicted octanol–water partition coefficient (Wildman–Crippen LogP) is 3.46. The van der Waals surface area contributed by atoms with Crippen LogP contribution in [0.1, 0.15) is 66.2 Å². The van der Waals surface area contributed by atoms with Gasteiger partial charge in [-0.15, -0.1) is 0 Å².